The van der Waals surface area contributed by atoms with Crippen LogP contribution in [0.5, 0.6) is 11.5 Å². The Kier molecular flexibility index (Phi) is 6.37. The largest absolute Gasteiger partial charge is 0.491 e. The minimum Gasteiger partial charge on any atom is -0.491 e. The molecule has 0 saturated heterocycles. The van der Waals surface area contributed by atoms with Crippen molar-refractivity contribution >= 4 is 12.4 Å². The number of halogens is 1. The summed E-state index contributed by atoms with van der Waals surface area (Å²) in [5, 5.41) is 16.9. The molecule has 0 spiro atoms. The summed E-state index contributed by atoms with van der Waals surface area (Å²) in [6.07, 6.45) is -0.0178. The highest BCUT2D eigenvalue weighted by molar-refractivity contribution is 5.85. The van der Waals surface area contributed by atoms with Crippen molar-refractivity contribution in [3.05, 3.63) is 47.5 Å². The van der Waals surface area contributed by atoms with Crippen molar-refractivity contribution < 1.29 is 14.0 Å². The van der Waals surface area contributed by atoms with Gasteiger partial charge in [-0.2, -0.15) is 10.2 Å². The number of ether oxygens (including phenoxy) is 2. The summed E-state index contributed by atoms with van der Waals surface area (Å²) in [6, 6.07) is 13.3. The third-order valence-electron chi connectivity index (χ3n) is 4.31. The number of hydrogen-bond donors (Lipinski definition) is 1. The Labute approximate surface area is 175 Å². The molecule has 0 saturated carbocycles. The summed E-state index contributed by atoms with van der Waals surface area (Å²) in [7, 11) is 0. The van der Waals surface area contributed by atoms with Crippen LogP contribution in [-0.2, 0) is 6.54 Å². The molecule has 0 bridgehead atoms. The molecule has 0 radical (unpaired) electrons. The standard InChI is InChI=1S/C21H20N4O3.ClH/c1-13(2)27-18-7-6-14(10-16(18)11-22)21-24-20(25-28-21)17-5-3-4-15-12-23-8-9-26-19(15)17;/h3-7,10,13,23H,8-9,12H2,1-2H3;1H. The molecule has 1 aliphatic rings. The SMILES string of the molecule is CC(C)Oc1ccc(-c2nc(-c3cccc4c3OCCNC4)no2)cc1C#N.Cl. The van der Waals surface area contributed by atoms with Crippen molar-refractivity contribution in [3.8, 4) is 40.4 Å². The first-order valence-corrected chi connectivity index (χ1v) is 9.16. The monoisotopic (exact) mass is 412 g/mol. The predicted molar refractivity (Wildman–Crippen MR) is 110 cm³/mol. The molecule has 0 unspecified atom stereocenters. The summed E-state index contributed by atoms with van der Waals surface area (Å²) >= 11 is 0. The molecule has 2 heterocycles. The van der Waals surface area contributed by atoms with E-state index in [4.69, 9.17) is 14.0 Å². The van der Waals surface area contributed by atoms with Gasteiger partial charge in [-0.15, -0.1) is 12.4 Å². The van der Waals surface area contributed by atoms with Crippen LogP contribution in [-0.4, -0.2) is 29.4 Å². The average molecular weight is 413 g/mol. The lowest BCUT2D eigenvalue weighted by atomic mass is 10.1. The van der Waals surface area contributed by atoms with Crippen molar-refractivity contribution in [2.45, 2.75) is 26.5 Å². The van der Waals surface area contributed by atoms with Crippen molar-refractivity contribution in [1.82, 2.24) is 15.5 Å². The van der Waals surface area contributed by atoms with Crippen LogP contribution in [0.4, 0.5) is 0 Å². The second-order valence-corrected chi connectivity index (χ2v) is 6.73. The molecule has 1 aliphatic heterocycles. The van der Waals surface area contributed by atoms with Crippen molar-refractivity contribution in [2.75, 3.05) is 13.2 Å². The Balaban J connectivity index is 0.00000240. The quantitative estimate of drug-likeness (QED) is 0.692. The highest BCUT2D eigenvalue weighted by Gasteiger charge is 2.19. The van der Waals surface area contributed by atoms with Gasteiger partial charge in [-0.05, 0) is 38.1 Å². The van der Waals surface area contributed by atoms with Crippen LogP contribution < -0.4 is 14.8 Å². The lowest BCUT2D eigenvalue weighted by Crippen LogP contribution is -2.16. The number of nitriles is 1. The molecule has 150 valence electrons. The smallest absolute Gasteiger partial charge is 0.258 e. The number of aromatic nitrogens is 2. The highest BCUT2D eigenvalue weighted by Crippen LogP contribution is 2.34. The van der Waals surface area contributed by atoms with E-state index in [1.165, 1.54) is 0 Å². The lowest BCUT2D eigenvalue weighted by molar-refractivity contribution is 0.241. The fourth-order valence-electron chi connectivity index (χ4n) is 3.08. The maximum Gasteiger partial charge on any atom is 0.258 e. The van der Waals surface area contributed by atoms with Crippen LogP contribution in [0.25, 0.3) is 22.8 Å². The first-order valence-electron chi connectivity index (χ1n) is 9.16. The van der Waals surface area contributed by atoms with E-state index in [9.17, 15) is 5.26 Å². The average Bonchev–Trinajstić information content (AvgIpc) is 3.05. The van der Waals surface area contributed by atoms with Gasteiger partial charge in [0.05, 0.1) is 17.2 Å². The fourth-order valence-corrected chi connectivity index (χ4v) is 3.08. The molecule has 29 heavy (non-hydrogen) atoms. The van der Waals surface area contributed by atoms with E-state index in [0.717, 1.165) is 30.0 Å². The van der Waals surface area contributed by atoms with Crippen LogP contribution in [0.2, 0.25) is 0 Å². The molecule has 2 aromatic carbocycles. The van der Waals surface area contributed by atoms with Gasteiger partial charge in [0, 0.05) is 24.2 Å². The molecule has 0 fully saturated rings. The van der Waals surface area contributed by atoms with Crippen LogP contribution in [0.1, 0.15) is 25.0 Å². The lowest BCUT2D eigenvalue weighted by Gasteiger charge is -2.11. The minimum atomic E-state index is -0.0178. The summed E-state index contributed by atoms with van der Waals surface area (Å²) in [5.74, 6) is 2.11. The second-order valence-electron chi connectivity index (χ2n) is 6.73. The first kappa shape index (κ1) is 20.6. The van der Waals surface area contributed by atoms with Gasteiger partial charge in [-0.3, -0.25) is 0 Å². The fraction of sp³-hybridized carbons (Fsp3) is 0.286. The summed E-state index contributed by atoms with van der Waals surface area (Å²) in [6.45, 7) is 5.93. The van der Waals surface area contributed by atoms with Gasteiger partial charge < -0.3 is 19.3 Å². The third-order valence-corrected chi connectivity index (χ3v) is 4.31. The highest BCUT2D eigenvalue weighted by atomic mass is 35.5. The summed E-state index contributed by atoms with van der Waals surface area (Å²) < 4.78 is 17.0. The molecule has 0 aliphatic carbocycles. The van der Waals surface area contributed by atoms with Crippen LogP contribution in [0.3, 0.4) is 0 Å². The van der Waals surface area contributed by atoms with E-state index in [-0.39, 0.29) is 18.5 Å². The molecule has 8 heteroatoms. The molecule has 3 aromatic rings. The van der Waals surface area contributed by atoms with Gasteiger partial charge >= 0.3 is 0 Å². The van der Waals surface area contributed by atoms with E-state index in [1.807, 2.05) is 38.1 Å². The van der Waals surface area contributed by atoms with E-state index in [1.54, 1.807) is 12.1 Å². The molecule has 1 aromatic heterocycles. The zero-order chi connectivity index (χ0) is 19.5. The van der Waals surface area contributed by atoms with E-state index < -0.39 is 0 Å². The van der Waals surface area contributed by atoms with E-state index >= 15 is 0 Å². The van der Waals surface area contributed by atoms with Crippen LogP contribution >= 0.6 is 12.4 Å². The Morgan fingerprint density at radius 1 is 1.24 bits per heavy atom. The zero-order valence-corrected chi connectivity index (χ0v) is 17.0. The zero-order valence-electron chi connectivity index (χ0n) is 16.1. The molecular weight excluding hydrogens is 392 g/mol. The number of nitrogens with one attached hydrogen (secondary N) is 1. The first-order chi connectivity index (χ1) is 13.7. The van der Waals surface area contributed by atoms with Crippen molar-refractivity contribution in [3.63, 3.8) is 0 Å². The number of rotatable bonds is 4. The Bertz CT molecular complexity index is 1040. The maximum atomic E-state index is 9.43. The summed E-state index contributed by atoms with van der Waals surface area (Å²) in [5.41, 5.74) is 2.93. The number of nitrogens with zero attached hydrogens (tertiary/aromatic N) is 3. The Morgan fingerprint density at radius 2 is 2.10 bits per heavy atom. The number of fused-ring (bicyclic) bond motifs is 1. The van der Waals surface area contributed by atoms with Gasteiger partial charge in [0.1, 0.15) is 24.2 Å². The maximum absolute atomic E-state index is 9.43. The normalized spacial score (nSPS) is 12.9. The molecular formula is C21H21ClN4O3. The molecule has 4 rings (SSSR count). The molecule has 7 nitrogen and oxygen atoms in total. The van der Waals surface area contributed by atoms with Gasteiger partial charge in [0.15, 0.2) is 0 Å². The number of hydrogen-bond acceptors (Lipinski definition) is 7. The summed E-state index contributed by atoms with van der Waals surface area (Å²) in [4.78, 5) is 4.53. The minimum absolute atomic E-state index is 0. The van der Waals surface area contributed by atoms with Crippen molar-refractivity contribution in [2.24, 2.45) is 0 Å². The number of benzene rings is 2. The van der Waals surface area contributed by atoms with Gasteiger partial charge in [-0.25, -0.2) is 0 Å². The Morgan fingerprint density at radius 3 is 2.90 bits per heavy atom. The molecule has 1 N–H and O–H groups in total. The van der Waals surface area contributed by atoms with Gasteiger partial charge in [-0.1, -0.05) is 17.3 Å². The van der Waals surface area contributed by atoms with Crippen LogP contribution in [0, 0.1) is 11.3 Å². The Hall–Kier alpha value is -3.08. The molecule has 0 amide bonds. The topological polar surface area (TPSA) is 93.2 Å². The van der Waals surface area contributed by atoms with E-state index in [2.05, 4.69) is 21.5 Å². The predicted octanol–water partition coefficient (Wildman–Crippen LogP) is 3.97. The molecule has 0 atom stereocenters. The van der Waals surface area contributed by atoms with Gasteiger partial charge in [0.25, 0.3) is 5.89 Å². The number of para-hydroxylation sites is 1. The third kappa shape index (κ3) is 4.34. The second kappa shape index (κ2) is 8.95. The van der Waals surface area contributed by atoms with Gasteiger partial charge in [0.2, 0.25) is 5.82 Å². The van der Waals surface area contributed by atoms with Crippen molar-refractivity contribution in [1.29, 1.82) is 5.26 Å². The van der Waals surface area contributed by atoms with E-state index in [0.29, 0.717) is 35.2 Å². The van der Waals surface area contributed by atoms with Crippen LogP contribution in [0.15, 0.2) is 40.9 Å².